The molecule has 0 aromatic carbocycles. The van der Waals surface area contributed by atoms with Crippen LogP contribution < -0.4 is 5.32 Å². The number of nitrogens with zero attached hydrogens (tertiary/aromatic N) is 1. The van der Waals surface area contributed by atoms with Gasteiger partial charge in [0, 0.05) is 12.2 Å². The van der Waals surface area contributed by atoms with Crippen LogP contribution in [0, 0.1) is 6.92 Å². The van der Waals surface area contributed by atoms with E-state index in [-0.39, 0.29) is 5.91 Å². The summed E-state index contributed by atoms with van der Waals surface area (Å²) in [5.41, 5.74) is 2.58. The first-order valence-electron chi connectivity index (χ1n) is 7.22. The van der Waals surface area contributed by atoms with Gasteiger partial charge in [0.1, 0.15) is 5.69 Å². The lowest BCUT2D eigenvalue weighted by Gasteiger charge is -2.09. The van der Waals surface area contributed by atoms with E-state index in [1.165, 1.54) is 6.42 Å². The summed E-state index contributed by atoms with van der Waals surface area (Å²) >= 11 is 0. The van der Waals surface area contributed by atoms with Crippen molar-refractivity contribution in [3.05, 3.63) is 29.1 Å². The molecule has 0 atom stereocenters. The fourth-order valence-corrected chi connectivity index (χ4v) is 1.47. The lowest BCUT2D eigenvalue weighted by atomic mass is 10.0. The third kappa shape index (κ3) is 6.94. The van der Waals surface area contributed by atoms with Crippen LogP contribution >= 0.6 is 0 Å². The van der Waals surface area contributed by atoms with Gasteiger partial charge in [-0.15, -0.1) is 0 Å². The van der Waals surface area contributed by atoms with Crippen LogP contribution in [0.3, 0.4) is 0 Å². The number of carbonyl (C=O) groups excluding carboxylic acids is 1. The van der Waals surface area contributed by atoms with E-state index in [0.717, 1.165) is 17.7 Å². The molecule has 1 amide bonds. The standard InChI is InChI=1S/C13H20N2O.C3H8/c1-5-6-14-13(16)12-8-11(9(2)3)7-10(4)15-12;1-3-2/h7-9H,5-6H2,1-4H3,(H,14,16);3H2,1-2H3. The van der Waals surface area contributed by atoms with Gasteiger partial charge in [0.2, 0.25) is 0 Å². The summed E-state index contributed by atoms with van der Waals surface area (Å²) in [6.07, 6.45) is 2.19. The lowest BCUT2D eigenvalue weighted by molar-refractivity contribution is 0.0948. The van der Waals surface area contributed by atoms with Crippen molar-refractivity contribution < 1.29 is 4.79 Å². The molecule has 0 saturated carbocycles. The summed E-state index contributed by atoms with van der Waals surface area (Å²) < 4.78 is 0. The predicted molar refractivity (Wildman–Crippen MR) is 81.7 cm³/mol. The molecule has 3 heteroatoms. The fourth-order valence-electron chi connectivity index (χ4n) is 1.47. The summed E-state index contributed by atoms with van der Waals surface area (Å²) in [6, 6.07) is 3.91. The zero-order valence-corrected chi connectivity index (χ0v) is 13.2. The summed E-state index contributed by atoms with van der Waals surface area (Å²) in [7, 11) is 0. The molecule has 0 unspecified atom stereocenters. The van der Waals surface area contributed by atoms with Crippen molar-refractivity contribution in [3.63, 3.8) is 0 Å². The number of aryl methyl sites for hydroxylation is 1. The Morgan fingerprint density at radius 3 is 2.32 bits per heavy atom. The molecule has 1 N–H and O–H groups in total. The maximum atomic E-state index is 11.8. The molecule has 3 nitrogen and oxygen atoms in total. The second kappa shape index (κ2) is 9.54. The molecule has 0 bridgehead atoms. The molecule has 0 aliphatic heterocycles. The van der Waals surface area contributed by atoms with Crippen LogP contribution in [-0.4, -0.2) is 17.4 Å². The maximum Gasteiger partial charge on any atom is 0.269 e. The van der Waals surface area contributed by atoms with Gasteiger partial charge in [0.15, 0.2) is 0 Å². The summed E-state index contributed by atoms with van der Waals surface area (Å²) in [5.74, 6) is 0.340. The van der Waals surface area contributed by atoms with E-state index in [1.807, 2.05) is 26.0 Å². The van der Waals surface area contributed by atoms with Crippen LogP contribution in [-0.2, 0) is 0 Å². The molecule has 1 rings (SSSR count). The van der Waals surface area contributed by atoms with Gasteiger partial charge in [-0.05, 0) is 37.0 Å². The molecule has 1 aromatic heterocycles. The van der Waals surface area contributed by atoms with Crippen LogP contribution in [0.5, 0.6) is 0 Å². The monoisotopic (exact) mass is 264 g/mol. The second-order valence-electron chi connectivity index (χ2n) is 5.04. The Labute approximate surface area is 117 Å². The van der Waals surface area contributed by atoms with Gasteiger partial charge in [-0.1, -0.05) is 41.0 Å². The van der Waals surface area contributed by atoms with Gasteiger partial charge in [-0.3, -0.25) is 4.79 Å². The largest absolute Gasteiger partial charge is 0.351 e. The first-order valence-corrected chi connectivity index (χ1v) is 7.22. The van der Waals surface area contributed by atoms with E-state index in [1.54, 1.807) is 0 Å². The van der Waals surface area contributed by atoms with Gasteiger partial charge in [0.25, 0.3) is 5.91 Å². The average molecular weight is 264 g/mol. The third-order valence-electron chi connectivity index (χ3n) is 2.41. The first-order chi connectivity index (χ1) is 8.96. The Bertz CT molecular complexity index is 386. The molecular weight excluding hydrogens is 236 g/mol. The van der Waals surface area contributed by atoms with Crippen molar-refractivity contribution in [2.75, 3.05) is 6.54 Å². The molecule has 0 saturated heterocycles. The molecule has 1 aromatic rings. The fraction of sp³-hybridized carbons (Fsp3) is 0.625. The quantitative estimate of drug-likeness (QED) is 0.890. The van der Waals surface area contributed by atoms with Crippen molar-refractivity contribution in [2.45, 2.75) is 60.3 Å². The van der Waals surface area contributed by atoms with Crippen molar-refractivity contribution in [1.82, 2.24) is 10.3 Å². The minimum absolute atomic E-state index is 0.0764. The highest BCUT2D eigenvalue weighted by molar-refractivity contribution is 5.92. The zero-order chi connectivity index (χ0) is 14.8. The Hall–Kier alpha value is -1.38. The van der Waals surface area contributed by atoms with E-state index in [9.17, 15) is 4.79 Å². The molecule has 19 heavy (non-hydrogen) atoms. The smallest absolute Gasteiger partial charge is 0.269 e. The zero-order valence-electron chi connectivity index (χ0n) is 13.2. The summed E-state index contributed by atoms with van der Waals surface area (Å²) in [4.78, 5) is 16.0. The van der Waals surface area contributed by atoms with Gasteiger partial charge >= 0.3 is 0 Å². The number of carbonyl (C=O) groups is 1. The molecule has 0 radical (unpaired) electrons. The van der Waals surface area contributed by atoms with Crippen molar-refractivity contribution in [3.8, 4) is 0 Å². The number of pyridine rings is 1. The maximum absolute atomic E-state index is 11.8. The van der Waals surface area contributed by atoms with Gasteiger partial charge in [0.05, 0.1) is 0 Å². The highest BCUT2D eigenvalue weighted by Gasteiger charge is 2.10. The van der Waals surface area contributed by atoms with E-state index >= 15 is 0 Å². The van der Waals surface area contributed by atoms with E-state index in [0.29, 0.717) is 18.2 Å². The first kappa shape index (κ1) is 17.6. The van der Waals surface area contributed by atoms with E-state index in [4.69, 9.17) is 0 Å². The molecular formula is C16H28N2O. The predicted octanol–water partition coefficient (Wildman–Crippen LogP) is 4.07. The number of hydrogen-bond acceptors (Lipinski definition) is 2. The number of aromatic nitrogens is 1. The Morgan fingerprint density at radius 1 is 1.26 bits per heavy atom. The van der Waals surface area contributed by atoms with Crippen LogP contribution in [0.4, 0.5) is 0 Å². The molecule has 0 aliphatic rings. The molecule has 0 fully saturated rings. The van der Waals surface area contributed by atoms with Gasteiger partial charge in [-0.2, -0.15) is 0 Å². The number of nitrogens with one attached hydrogen (secondary N) is 1. The van der Waals surface area contributed by atoms with Gasteiger partial charge in [-0.25, -0.2) is 4.98 Å². The van der Waals surface area contributed by atoms with Crippen LogP contribution in [0.25, 0.3) is 0 Å². The average Bonchev–Trinajstić information content (AvgIpc) is 2.36. The molecule has 108 valence electrons. The Kier molecular flexibility index (Phi) is 8.84. The minimum Gasteiger partial charge on any atom is -0.351 e. The van der Waals surface area contributed by atoms with Crippen molar-refractivity contribution in [2.24, 2.45) is 0 Å². The van der Waals surface area contributed by atoms with E-state index < -0.39 is 0 Å². The Morgan fingerprint density at radius 2 is 1.84 bits per heavy atom. The lowest BCUT2D eigenvalue weighted by Crippen LogP contribution is -2.25. The van der Waals surface area contributed by atoms with Crippen LogP contribution in [0.1, 0.15) is 75.1 Å². The van der Waals surface area contributed by atoms with Gasteiger partial charge < -0.3 is 5.32 Å². The number of hydrogen-bond donors (Lipinski definition) is 1. The highest BCUT2D eigenvalue weighted by Crippen LogP contribution is 2.16. The Balaban J connectivity index is 0.000000982. The SMILES string of the molecule is CCC.CCCNC(=O)c1cc(C(C)C)cc(C)n1. The van der Waals surface area contributed by atoms with Crippen LogP contribution in [0.15, 0.2) is 12.1 Å². The van der Waals surface area contributed by atoms with Crippen molar-refractivity contribution in [1.29, 1.82) is 0 Å². The molecule has 0 aliphatic carbocycles. The van der Waals surface area contributed by atoms with Crippen LogP contribution in [0.2, 0.25) is 0 Å². The number of rotatable bonds is 4. The molecule has 1 heterocycles. The summed E-state index contributed by atoms with van der Waals surface area (Å²) in [5, 5.41) is 2.84. The minimum atomic E-state index is -0.0764. The highest BCUT2D eigenvalue weighted by atomic mass is 16.1. The molecule has 0 spiro atoms. The topological polar surface area (TPSA) is 42.0 Å². The van der Waals surface area contributed by atoms with E-state index in [2.05, 4.69) is 38.0 Å². The number of amides is 1. The summed E-state index contributed by atoms with van der Waals surface area (Å²) in [6.45, 7) is 13.1. The normalized spacial score (nSPS) is 9.84. The second-order valence-corrected chi connectivity index (χ2v) is 5.04. The van der Waals surface area contributed by atoms with Crippen molar-refractivity contribution >= 4 is 5.91 Å². The third-order valence-corrected chi connectivity index (χ3v) is 2.41.